The van der Waals surface area contributed by atoms with Crippen LogP contribution in [0, 0.1) is 0 Å². The predicted octanol–water partition coefficient (Wildman–Crippen LogP) is 0.227. The summed E-state index contributed by atoms with van der Waals surface area (Å²) in [5.74, 6) is 0. The standard InChI is InChI=1S/C5H8BO4P/c1-4(6)5-2-10-11(7,8)3-9-5/h5H,1-3H2,(H,7,8). The van der Waals surface area contributed by atoms with E-state index in [9.17, 15) is 4.57 Å². The Kier molecular flexibility index (Phi) is 2.55. The topological polar surface area (TPSA) is 55.8 Å². The van der Waals surface area contributed by atoms with Gasteiger partial charge in [0.1, 0.15) is 14.2 Å². The van der Waals surface area contributed by atoms with Crippen LogP contribution in [0.15, 0.2) is 12.1 Å². The molecule has 0 amide bonds. The largest absolute Gasteiger partial charge is 0.360 e. The normalized spacial score (nSPS) is 38.5. The van der Waals surface area contributed by atoms with Crippen molar-refractivity contribution in [2.75, 3.05) is 13.0 Å². The molecule has 2 atom stereocenters. The first kappa shape index (κ1) is 9.01. The second-order valence-electron chi connectivity index (χ2n) is 2.29. The third-order valence-corrected chi connectivity index (χ3v) is 2.31. The van der Waals surface area contributed by atoms with Crippen molar-refractivity contribution < 1.29 is 18.7 Å². The van der Waals surface area contributed by atoms with E-state index in [2.05, 4.69) is 11.1 Å². The van der Waals surface area contributed by atoms with Crippen molar-refractivity contribution in [1.82, 2.24) is 0 Å². The van der Waals surface area contributed by atoms with Gasteiger partial charge < -0.3 is 14.2 Å². The van der Waals surface area contributed by atoms with Gasteiger partial charge in [-0.3, -0.25) is 4.57 Å². The Morgan fingerprint density at radius 3 is 2.82 bits per heavy atom. The van der Waals surface area contributed by atoms with Crippen LogP contribution in [0.5, 0.6) is 0 Å². The molecule has 0 aromatic heterocycles. The maximum atomic E-state index is 10.7. The SMILES string of the molecule is [B]C(=C)C1COP(=O)(O)CO1. The summed E-state index contributed by atoms with van der Waals surface area (Å²) in [5, 5.41) is 0. The zero-order chi connectivity index (χ0) is 8.48. The third kappa shape index (κ3) is 2.45. The van der Waals surface area contributed by atoms with Crippen LogP contribution in [0.2, 0.25) is 0 Å². The van der Waals surface area contributed by atoms with Crippen molar-refractivity contribution >= 4 is 15.4 Å². The van der Waals surface area contributed by atoms with Gasteiger partial charge in [0.05, 0.1) is 12.7 Å². The fourth-order valence-corrected chi connectivity index (χ4v) is 1.48. The molecule has 4 nitrogen and oxygen atoms in total. The highest BCUT2D eigenvalue weighted by molar-refractivity contribution is 7.52. The van der Waals surface area contributed by atoms with Crippen LogP contribution in [0.1, 0.15) is 0 Å². The first-order valence-corrected chi connectivity index (χ1v) is 4.80. The van der Waals surface area contributed by atoms with Crippen LogP contribution in [0.25, 0.3) is 0 Å². The lowest BCUT2D eigenvalue weighted by atomic mass is 9.92. The molecule has 1 N–H and O–H groups in total. The lowest BCUT2D eigenvalue weighted by Gasteiger charge is -2.26. The molecule has 1 rings (SSSR count). The van der Waals surface area contributed by atoms with Gasteiger partial charge in [0.25, 0.3) is 0 Å². The van der Waals surface area contributed by atoms with Crippen molar-refractivity contribution in [3.8, 4) is 0 Å². The molecule has 1 heterocycles. The summed E-state index contributed by atoms with van der Waals surface area (Å²) in [6, 6.07) is 0. The van der Waals surface area contributed by atoms with E-state index in [4.69, 9.17) is 17.5 Å². The molecular formula is C5H8BO4P. The highest BCUT2D eigenvalue weighted by Gasteiger charge is 2.29. The molecule has 0 saturated carbocycles. The molecule has 1 aliphatic rings. The Bertz CT molecular complexity index is 205. The van der Waals surface area contributed by atoms with E-state index in [-0.39, 0.29) is 13.0 Å². The van der Waals surface area contributed by atoms with Crippen molar-refractivity contribution in [3.05, 3.63) is 12.1 Å². The number of hydrogen-bond donors (Lipinski definition) is 1. The molecule has 1 fully saturated rings. The lowest BCUT2D eigenvalue weighted by Crippen LogP contribution is -2.27. The molecule has 0 aliphatic carbocycles. The Balaban J connectivity index is 2.49. The van der Waals surface area contributed by atoms with E-state index in [1.165, 1.54) is 0 Å². The Morgan fingerprint density at radius 1 is 1.82 bits per heavy atom. The minimum absolute atomic E-state index is 0.00309. The summed E-state index contributed by atoms with van der Waals surface area (Å²) in [6.07, 6.45) is -0.766. The molecule has 0 spiro atoms. The van der Waals surface area contributed by atoms with Crippen LogP contribution < -0.4 is 0 Å². The maximum Gasteiger partial charge on any atom is 0.353 e. The van der Waals surface area contributed by atoms with Gasteiger partial charge in [-0.05, 0) is 0 Å². The van der Waals surface area contributed by atoms with Crippen molar-refractivity contribution in [1.29, 1.82) is 0 Å². The lowest BCUT2D eigenvalue weighted by molar-refractivity contribution is 0.0259. The van der Waals surface area contributed by atoms with Crippen molar-refractivity contribution in [3.63, 3.8) is 0 Å². The highest BCUT2D eigenvalue weighted by Crippen LogP contribution is 2.45. The molecule has 1 saturated heterocycles. The average molecular weight is 174 g/mol. The third-order valence-electron chi connectivity index (χ3n) is 1.28. The van der Waals surface area contributed by atoms with Crippen LogP contribution >= 0.6 is 7.60 Å². The van der Waals surface area contributed by atoms with Gasteiger partial charge in [-0.2, -0.15) is 0 Å². The molecule has 0 aromatic rings. The minimum atomic E-state index is -3.48. The fraction of sp³-hybridized carbons (Fsp3) is 0.600. The monoisotopic (exact) mass is 174 g/mol. The smallest absolute Gasteiger partial charge is 0.353 e. The molecule has 1 aliphatic heterocycles. The highest BCUT2D eigenvalue weighted by atomic mass is 31.2. The maximum absolute atomic E-state index is 10.7. The van der Waals surface area contributed by atoms with Crippen LogP contribution in [-0.4, -0.2) is 31.8 Å². The quantitative estimate of drug-likeness (QED) is 0.456. The van der Waals surface area contributed by atoms with Gasteiger partial charge >= 0.3 is 7.60 Å². The molecule has 11 heavy (non-hydrogen) atoms. The Hall–Kier alpha value is -0.0851. The van der Waals surface area contributed by atoms with Gasteiger partial charge in [0.15, 0.2) is 0 Å². The molecule has 6 heteroatoms. The van der Waals surface area contributed by atoms with E-state index < -0.39 is 13.7 Å². The predicted molar refractivity (Wildman–Crippen MR) is 40.4 cm³/mol. The first-order chi connectivity index (χ1) is 5.01. The summed E-state index contributed by atoms with van der Waals surface area (Å²) in [7, 11) is 1.80. The fourth-order valence-electron chi connectivity index (χ4n) is 0.668. The van der Waals surface area contributed by atoms with Gasteiger partial charge in [-0.15, -0.1) is 6.58 Å². The second-order valence-corrected chi connectivity index (χ2v) is 4.08. The molecule has 0 aromatic carbocycles. The molecule has 0 bridgehead atoms. The molecule has 60 valence electrons. The minimum Gasteiger partial charge on any atom is -0.360 e. The van der Waals surface area contributed by atoms with Crippen molar-refractivity contribution in [2.24, 2.45) is 0 Å². The van der Waals surface area contributed by atoms with Crippen LogP contribution in [0.3, 0.4) is 0 Å². The average Bonchev–Trinajstić information content (AvgIpc) is 1.86. The summed E-state index contributed by atoms with van der Waals surface area (Å²) in [6.45, 7) is 3.43. The summed E-state index contributed by atoms with van der Waals surface area (Å²) >= 11 is 0. The van der Waals surface area contributed by atoms with E-state index in [1.807, 2.05) is 0 Å². The first-order valence-electron chi connectivity index (χ1n) is 3.03. The summed E-state index contributed by atoms with van der Waals surface area (Å²) < 4.78 is 20.2. The van der Waals surface area contributed by atoms with Crippen LogP contribution in [-0.2, 0) is 13.8 Å². The Labute approximate surface area is 66.1 Å². The number of hydrogen-bond acceptors (Lipinski definition) is 3. The number of ether oxygens (including phenoxy) is 1. The second kappa shape index (κ2) is 3.11. The zero-order valence-corrected chi connectivity index (χ0v) is 6.79. The van der Waals surface area contributed by atoms with E-state index in [1.54, 1.807) is 0 Å². The van der Waals surface area contributed by atoms with Gasteiger partial charge in [-0.25, -0.2) is 0 Å². The summed E-state index contributed by atoms with van der Waals surface area (Å²) in [4.78, 5) is 8.81. The van der Waals surface area contributed by atoms with Crippen molar-refractivity contribution in [2.45, 2.75) is 6.10 Å². The molecule has 2 radical (unpaired) electrons. The Morgan fingerprint density at radius 2 is 2.45 bits per heavy atom. The number of rotatable bonds is 1. The molecular weight excluding hydrogens is 166 g/mol. The summed E-state index contributed by atoms with van der Waals surface area (Å²) in [5.41, 5.74) is 0.310. The van der Waals surface area contributed by atoms with Gasteiger partial charge in [0.2, 0.25) is 0 Å². The van der Waals surface area contributed by atoms with Gasteiger partial charge in [0, 0.05) is 0 Å². The zero-order valence-electron chi connectivity index (χ0n) is 5.90. The van der Waals surface area contributed by atoms with E-state index in [0.717, 1.165) is 0 Å². The van der Waals surface area contributed by atoms with Gasteiger partial charge in [-0.1, -0.05) is 5.47 Å². The molecule has 2 unspecified atom stereocenters. The van der Waals surface area contributed by atoms with E-state index in [0.29, 0.717) is 5.47 Å². The van der Waals surface area contributed by atoms with E-state index >= 15 is 0 Å². The van der Waals surface area contributed by atoms with Crippen LogP contribution in [0.4, 0.5) is 0 Å².